The van der Waals surface area contributed by atoms with Crippen molar-refractivity contribution in [1.82, 2.24) is 19.5 Å². The van der Waals surface area contributed by atoms with E-state index in [1.807, 2.05) is 11.5 Å². The first kappa shape index (κ1) is 35.9. The highest BCUT2D eigenvalue weighted by atomic mass is 28.4. The lowest BCUT2D eigenvalue weighted by atomic mass is 10.1. The molecule has 2 aromatic heterocycles. The largest absolute Gasteiger partial charge is 0.426 e. The molecule has 0 bridgehead atoms. The molecule has 1 fully saturated rings. The van der Waals surface area contributed by atoms with E-state index in [0.717, 1.165) is 5.56 Å². The van der Waals surface area contributed by atoms with Crippen LogP contribution in [0.15, 0.2) is 24.8 Å². The van der Waals surface area contributed by atoms with Gasteiger partial charge in [-0.05, 0) is 60.9 Å². The molecule has 3 heterocycles. The predicted molar refractivity (Wildman–Crippen MR) is 182 cm³/mol. The van der Waals surface area contributed by atoms with E-state index in [4.69, 9.17) is 28.0 Å². The molecule has 0 spiro atoms. The van der Waals surface area contributed by atoms with Crippen molar-refractivity contribution < 1.29 is 32.7 Å². The Labute approximate surface area is 274 Å². The van der Waals surface area contributed by atoms with E-state index in [0.29, 0.717) is 35.4 Å². The van der Waals surface area contributed by atoms with Crippen LogP contribution in [0.3, 0.4) is 0 Å². The Kier molecular flexibility index (Phi) is 10.1. The standard InChI is InChI=1S/C33H50N4O7Si2/c1-20-14-24(41-21(2)38)28(25(15-20)42-22(3)39)29-30-31(35-18-34-29)37(19-36-30)27-16-23(44-46(12,13)33(7,8)9)26(43-27)17-40-45(10,11)32(4,5)6/h14-15,18-19,23,26-27H,16-17H2,1-13H3/t23-,26+,27+/m0/s1. The van der Waals surface area contributed by atoms with Crippen LogP contribution in [-0.4, -0.2) is 66.9 Å². The lowest BCUT2D eigenvalue weighted by Gasteiger charge is -2.40. The number of carbonyl (C=O) groups is 2. The Morgan fingerprint density at radius 2 is 1.48 bits per heavy atom. The molecule has 11 nitrogen and oxygen atoms in total. The Morgan fingerprint density at radius 3 is 2.00 bits per heavy atom. The van der Waals surface area contributed by atoms with Crippen LogP contribution in [0.2, 0.25) is 36.3 Å². The van der Waals surface area contributed by atoms with Gasteiger partial charge in [-0.3, -0.25) is 14.2 Å². The fourth-order valence-electron chi connectivity index (χ4n) is 4.88. The van der Waals surface area contributed by atoms with E-state index >= 15 is 0 Å². The molecule has 46 heavy (non-hydrogen) atoms. The highest BCUT2D eigenvalue weighted by molar-refractivity contribution is 6.74. The summed E-state index contributed by atoms with van der Waals surface area (Å²) in [5.74, 6) is -0.619. The Balaban J connectivity index is 1.77. The van der Waals surface area contributed by atoms with Gasteiger partial charge in [0.15, 0.2) is 22.3 Å². The number of aromatic nitrogens is 4. The number of rotatable bonds is 9. The van der Waals surface area contributed by atoms with E-state index in [9.17, 15) is 9.59 Å². The van der Waals surface area contributed by atoms with Gasteiger partial charge in [0.25, 0.3) is 0 Å². The molecule has 1 aliphatic rings. The van der Waals surface area contributed by atoms with Gasteiger partial charge in [0.1, 0.15) is 41.4 Å². The summed E-state index contributed by atoms with van der Waals surface area (Å²) in [5.41, 5.74) is 2.40. The summed E-state index contributed by atoms with van der Waals surface area (Å²) < 4.78 is 33.4. The third-order valence-corrected chi connectivity index (χ3v) is 18.5. The minimum Gasteiger partial charge on any atom is -0.426 e. The molecule has 1 aromatic carbocycles. The third kappa shape index (κ3) is 7.59. The number of hydrogen-bond acceptors (Lipinski definition) is 10. The summed E-state index contributed by atoms with van der Waals surface area (Å²) in [6.45, 7) is 27.2. The SMILES string of the molecule is CC(=O)Oc1cc(C)cc(OC(C)=O)c1-c1ncnc2c1ncn2[C@H]1C[C@H](O[Si](C)(C)C(C)(C)C)[C@@H](CO[Si](C)(C)C(C)(C)C)O1. The molecule has 1 saturated heterocycles. The van der Waals surface area contributed by atoms with Crippen LogP contribution < -0.4 is 9.47 Å². The number of fused-ring (bicyclic) bond motifs is 1. The van der Waals surface area contributed by atoms with E-state index in [-0.39, 0.29) is 33.8 Å². The molecule has 13 heteroatoms. The molecule has 0 radical (unpaired) electrons. The Morgan fingerprint density at radius 1 is 0.913 bits per heavy atom. The first-order chi connectivity index (χ1) is 21.1. The smallest absolute Gasteiger partial charge is 0.308 e. The van der Waals surface area contributed by atoms with Crippen LogP contribution >= 0.6 is 0 Å². The molecule has 0 N–H and O–H groups in total. The van der Waals surface area contributed by atoms with Crippen LogP contribution in [0, 0.1) is 6.92 Å². The molecule has 0 amide bonds. The van der Waals surface area contributed by atoms with Gasteiger partial charge in [0.2, 0.25) is 0 Å². The molecule has 1 aliphatic heterocycles. The van der Waals surface area contributed by atoms with Crippen molar-refractivity contribution in [2.45, 2.75) is 123 Å². The molecule has 0 saturated carbocycles. The van der Waals surface area contributed by atoms with Gasteiger partial charge in [-0.1, -0.05) is 41.5 Å². The van der Waals surface area contributed by atoms with Gasteiger partial charge in [0, 0.05) is 20.3 Å². The molecule has 4 rings (SSSR count). The third-order valence-electron chi connectivity index (χ3n) is 9.47. The van der Waals surface area contributed by atoms with E-state index in [1.165, 1.54) is 20.2 Å². The summed E-state index contributed by atoms with van der Waals surface area (Å²) in [5, 5.41) is 0.0770. The van der Waals surface area contributed by atoms with Gasteiger partial charge in [0.05, 0.1) is 24.6 Å². The van der Waals surface area contributed by atoms with E-state index in [1.54, 1.807) is 18.5 Å². The minimum absolute atomic E-state index is 0.0209. The van der Waals surface area contributed by atoms with Crippen molar-refractivity contribution in [1.29, 1.82) is 0 Å². The first-order valence-electron chi connectivity index (χ1n) is 15.8. The van der Waals surface area contributed by atoms with Gasteiger partial charge in [-0.15, -0.1) is 0 Å². The van der Waals surface area contributed by atoms with E-state index < -0.39 is 34.8 Å². The first-order valence-corrected chi connectivity index (χ1v) is 21.6. The summed E-state index contributed by atoms with van der Waals surface area (Å²) in [6.07, 6.45) is 2.80. The number of nitrogens with zero attached hydrogens (tertiary/aromatic N) is 4. The highest BCUT2D eigenvalue weighted by Crippen LogP contribution is 2.45. The van der Waals surface area contributed by atoms with Crippen molar-refractivity contribution in [2.75, 3.05) is 6.61 Å². The Bertz CT molecular complexity index is 1570. The van der Waals surface area contributed by atoms with Gasteiger partial charge in [-0.2, -0.15) is 0 Å². The van der Waals surface area contributed by atoms with Crippen LogP contribution in [0.1, 0.15) is 73.6 Å². The number of imidazole rings is 1. The second kappa shape index (κ2) is 12.9. The Hall–Kier alpha value is -2.98. The van der Waals surface area contributed by atoms with Crippen molar-refractivity contribution in [3.8, 4) is 22.8 Å². The molecular formula is C33H50N4O7Si2. The second-order valence-corrected chi connectivity index (χ2v) is 24.8. The number of ether oxygens (including phenoxy) is 3. The number of esters is 2. The maximum absolute atomic E-state index is 12.1. The zero-order valence-electron chi connectivity index (χ0n) is 29.6. The number of hydrogen-bond donors (Lipinski definition) is 0. The van der Waals surface area contributed by atoms with Gasteiger partial charge in [-0.25, -0.2) is 15.0 Å². The van der Waals surface area contributed by atoms with Crippen LogP contribution in [0.4, 0.5) is 0 Å². The van der Waals surface area contributed by atoms with Crippen molar-refractivity contribution in [3.63, 3.8) is 0 Å². The minimum atomic E-state index is -2.15. The lowest BCUT2D eigenvalue weighted by Crippen LogP contribution is -2.48. The molecule has 3 atom stereocenters. The summed E-state index contributed by atoms with van der Waals surface area (Å²) in [4.78, 5) is 37.9. The maximum Gasteiger partial charge on any atom is 0.308 e. The predicted octanol–water partition coefficient (Wildman–Crippen LogP) is 7.35. The quantitative estimate of drug-likeness (QED) is 0.130. The normalized spacial score (nSPS) is 19.5. The average Bonchev–Trinajstić information content (AvgIpc) is 3.49. The zero-order chi connectivity index (χ0) is 34.4. The maximum atomic E-state index is 12.1. The summed E-state index contributed by atoms with van der Waals surface area (Å²) in [6, 6.07) is 3.40. The van der Waals surface area contributed by atoms with Gasteiger partial charge < -0.3 is 23.1 Å². The topological polar surface area (TPSA) is 124 Å². The lowest BCUT2D eigenvalue weighted by molar-refractivity contribution is -0.132. The van der Waals surface area contributed by atoms with Crippen molar-refractivity contribution in [3.05, 3.63) is 30.4 Å². The highest BCUT2D eigenvalue weighted by Gasteiger charge is 2.47. The summed E-state index contributed by atoms with van der Waals surface area (Å²) >= 11 is 0. The fourth-order valence-corrected chi connectivity index (χ4v) is 7.25. The average molecular weight is 671 g/mol. The second-order valence-electron chi connectivity index (χ2n) is 15.2. The van der Waals surface area contributed by atoms with Gasteiger partial charge >= 0.3 is 11.9 Å². The van der Waals surface area contributed by atoms with Crippen LogP contribution in [0.25, 0.3) is 22.4 Å². The molecule has 0 aliphatic carbocycles. The van der Waals surface area contributed by atoms with Crippen LogP contribution in [0.5, 0.6) is 11.5 Å². The molecule has 3 aromatic rings. The number of benzene rings is 1. The van der Waals surface area contributed by atoms with Crippen molar-refractivity contribution in [2.24, 2.45) is 0 Å². The number of aryl methyl sites for hydroxylation is 1. The monoisotopic (exact) mass is 670 g/mol. The van der Waals surface area contributed by atoms with E-state index in [2.05, 4.69) is 77.7 Å². The zero-order valence-corrected chi connectivity index (χ0v) is 31.6. The van der Waals surface area contributed by atoms with Crippen LogP contribution in [-0.2, 0) is 23.2 Å². The van der Waals surface area contributed by atoms with Crippen molar-refractivity contribution >= 4 is 39.7 Å². The molecule has 252 valence electrons. The molecular weight excluding hydrogens is 621 g/mol. The molecule has 0 unspecified atom stereocenters. The summed E-state index contributed by atoms with van der Waals surface area (Å²) in [7, 11) is -4.19. The number of carbonyl (C=O) groups excluding carboxylic acids is 2. The fraction of sp³-hybridized carbons (Fsp3) is 0.606.